The van der Waals surface area contributed by atoms with Crippen molar-refractivity contribution in [1.82, 2.24) is 5.01 Å². The van der Waals surface area contributed by atoms with Gasteiger partial charge in [0.15, 0.2) is 6.61 Å². The van der Waals surface area contributed by atoms with Crippen LogP contribution in [0.4, 0.5) is 0 Å². The van der Waals surface area contributed by atoms with Gasteiger partial charge in [-0.2, -0.15) is 5.10 Å². The highest BCUT2D eigenvalue weighted by Gasteiger charge is 2.41. The van der Waals surface area contributed by atoms with Gasteiger partial charge in [-0.1, -0.05) is 30.7 Å². The third kappa shape index (κ3) is 3.76. The lowest BCUT2D eigenvalue weighted by atomic mass is 10.0. The Bertz CT molecular complexity index is 876. The molecule has 1 aliphatic heterocycles. The van der Waals surface area contributed by atoms with Crippen LogP contribution in [0.25, 0.3) is 0 Å². The number of ether oxygens (including phenoxy) is 1. The van der Waals surface area contributed by atoms with Gasteiger partial charge in [-0.25, -0.2) is 5.01 Å². The summed E-state index contributed by atoms with van der Waals surface area (Å²) in [5, 5.41) is 6.47. The lowest BCUT2D eigenvalue weighted by molar-refractivity contribution is -0.154. The van der Waals surface area contributed by atoms with Gasteiger partial charge >= 0.3 is 5.97 Å². The van der Waals surface area contributed by atoms with Crippen LogP contribution in [-0.2, 0) is 14.3 Å². The van der Waals surface area contributed by atoms with Crippen LogP contribution in [0, 0.1) is 11.8 Å². The number of amides is 1. The Hall–Kier alpha value is -2.60. The molecule has 0 spiro atoms. The van der Waals surface area contributed by atoms with Crippen LogP contribution < -0.4 is 0 Å². The van der Waals surface area contributed by atoms with Crippen LogP contribution in [0.3, 0.4) is 0 Å². The number of carbonyl (C=O) groups excluding carboxylic acids is 2. The Morgan fingerprint density at radius 3 is 2.67 bits per heavy atom. The number of nitrogens with zero attached hydrogens (tertiary/aromatic N) is 2. The molecule has 2 heterocycles. The molecule has 0 saturated heterocycles. The minimum atomic E-state index is -0.373. The van der Waals surface area contributed by atoms with Crippen LogP contribution in [0.2, 0.25) is 5.02 Å². The van der Waals surface area contributed by atoms with Gasteiger partial charge < -0.3 is 9.15 Å². The van der Waals surface area contributed by atoms with Crippen molar-refractivity contribution >= 4 is 29.2 Å². The number of hydrogen-bond acceptors (Lipinski definition) is 5. The summed E-state index contributed by atoms with van der Waals surface area (Å²) in [6.45, 7) is 1.67. The average Bonchev–Trinajstić information content (AvgIpc) is 3.08. The number of benzene rings is 1. The predicted molar refractivity (Wildman–Crippen MR) is 99.1 cm³/mol. The number of carbonyl (C=O) groups is 2. The third-order valence-electron chi connectivity index (χ3n) is 4.97. The molecule has 0 bridgehead atoms. The zero-order chi connectivity index (χ0) is 19.0. The molecule has 1 aromatic heterocycles. The molecule has 1 saturated carbocycles. The quantitative estimate of drug-likeness (QED) is 0.732. The van der Waals surface area contributed by atoms with Crippen LogP contribution in [0.5, 0.6) is 0 Å². The van der Waals surface area contributed by atoms with Crippen LogP contribution in [-0.4, -0.2) is 29.2 Å². The van der Waals surface area contributed by atoms with Gasteiger partial charge in [0.1, 0.15) is 11.8 Å². The maximum absolute atomic E-state index is 12.7. The zero-order valence-electron chi connectivity index (χ0n) is 14.8. The second-order valence-corrected chi connectivity index (χ2v) is 7.39. The van der Waals surface area contributed by atoms with Crippen molar-refractivity contribution in [2.75, 3.05) is 6.61 Å². The summed E-state index contributed by atoms with van der Waals surface area (Å²) in [4.78, 5) is 24.6. The van der Waals surface area contributed by atoms with Crippen molar-refractivity contribution in [2.45, 2.75) is 25.8 Å². The van der Waals surface area contributed by atoms with Crippen LogP contribution in [0.15, 0.2) is 52.2 Å². The van der Waals surface area contributed by atoms with E-state index in [0.29, 0.717) is 23.1 Å². The highest BCUT2D eigenvalue weighted by Crippen LogP contribution is 2.39. The van der Waals surface area contributed by atoms with Gasteiger partial charge in [-0.15, -0.1) is 0 Å². The first-order chi connectivity index (χ1) is 13.0. The first-order valence-corrected chi connectivity index (χ1v) is 9.26. The molecule has 140 valence electrons. The molecule has 0 N–H and O–H groups in total. The van der Waals surface area contributed by atoms with E-state index in [0.717, 1.165) is 17.7 Å². The topological polar surface area (TPSA) is 72.1 Å². The lowest BCUT2D eigenvalue weighted by Crippen LogP contribution is -2.31. The number of halogens is 1. The fraction of sp³-hybridized carbons (Fsp3) is 0.350. The first-order valence-electron chi connectivity index (χ1n) is 8.88. The number of hydrogen-bond donors (Lipinski definition) is 0. The minimum absolute atomic E-state index is 0.0784. The van der Waals surface area contributed by atoms with Gasteiger partial charge in [0.25, 0.3) is 5.91 Å². The molecule has 3 atom stereocenters. The average molecular weight is 387 g/mol. The van der Waals surface area contributed by atoms with Gasteiger partial charge in [0, 0.05) is 11.4 Å². The Kier molecular flexibility index (Phi) is 4.74. The summed E-state index contributed by atoms with van der Waals surface area (Å²) in [5.74, 6) is 0.210. The molecule has 1 aliphatic carbocycles. The van der Waals surface area contributed by atoms with Gasteiger partial charge in [0.2, 0.25) is 0 Å². The summed E-state index contributed by atoms with van der Waals surface area (Å²) in [6, 6.07) is 10.5. The van der Waals surface area contributed by atoms with Crippen molar-refractivity contribution in [2.24, 2.45) is 16.9 Å². The molecule has 0 unspecified atom stereocenters. The highest BCUT2D eigenvalue weighted by atomic mass is 35.5. The molecular weight excluding hydrogens is 368 g/mol. The van der Waals surface area contributed by atoms with Crippen molar-refractivity contribution in [3.05, 3.63) is 59.0 Å². The smallest absolute Gasteiger partial charge is 0.309 e. The molecule has 1 fully saturated rings. The Balaban J connectivity index is 1.51. The van der Waals surface area contributed by atoms with E-state index >= 15 is 0 Å². The summed E-state index contributed by atoms with van der Waals surface area (Å²) in [6.07, 6.45) is 2.89. The fourth-order valence-corrected chi connectivity index (χ4v) is 3.34. The van der Waals surface area contributed by atoms with Crippen molar-refractivity contribution in [3.8, 4) is 0 Å². The number of hydrazone groups is 1. The van der Waals surface area contributed by atoms with E-state index in [2.05, 4.69) is 5.10 Å². The summed E-state index contributed by atoms with van der Waals surface area (Å²) in [7, 11) is 0. The lowest BCUT2D eigenvalue weighted by Gasteiger charge is -2.19. The molecule has 1 amide bonds. The van der Waals surface area contributed by atoms with E-state index in [-0.39, 0.29) is 30.4 Å². The van der Waals surface area contributed by atoms with Gasteiger partial charge in [-0.3, -0.25) is 9.59 Å². The van der Waals surface area contributed by atoms with E-state index in [1.807, 2.05) is 25.1 Å². The predicted octanol–water partition coefficient (Wildman–Crippen LogP) is 3.81. The third-order valence-corrected chi connectivity index (χ3v) is 5.22. The first kappa shape index (κ1) is 17.8. The second-order valence-electron chi connectivity index (χ2n) is 6.95. The van der Waals surface area contributed by atoms with Crippen LogP contribution in [0.1, 0.15) is 37.1 Å². The largest absolute Gasteiger partial charge is 0.467 e. The SMILES string of the molecule is C[C@H]1C[C@H]1C(=O)OCC(=O)N1N=C(c2ccc(Cl)cc2)C[C@H]1c1ccco1. The molecule has 0 radical (unpaired) electrons. The molecule has 2 aromatic rings. The van der Waals surface area contributed by atoms with Crippen molar-refractivity contribution in [3.63, 3.8) is 0 Å². The Labute approximate surface area is 161 Å². The molecule has 1 aromatic carbocycles. The number of furan rings is 1. The van der Waals surface area contributed by atoms with Crippen LogP contribution >= 0.6 is 11.6 Å². The Morgan fingerprint density at radius 2 is 2.04 bits per heavy atom. The second kappa shape index (κ2) is 7.19. The monoisotopic (exact) mass is 386 g/mol. The van der Waals surface area contributed by atoms with E-state index in [9.17, 15) is 9.59 Å². The molecule has 6 nitrogen and oxygen atoms in total. The van der Waals surface area contributed by atoms with Crippen molar-refractivity contribution < 1.29 is 18.7 Å². The summed E-state index contributed by atoms with van der Waals surface area (Å²) < 4.78 is 10.7. The fourth-order valence-electron chi connectivity index (χ4n) is 3.22. The molecule has 27 heavy (non-hydrogen) atoms. The molecular formula is C20H19ClN2O4. The van der Waals surface area contributed by atoms with E-state index in [1.165, 1.54) is 5.01 Å². The van der Waals surface area contributed by atoms with Gasteiger partial charge in [-0.05, 0) is 42.2 Å². The minimum Gasteiger partial charge on any atom is -0.467 e. The molecule has 7 heteroatoms. The maximum Gasteiger partial charge on any atom is 0.309 e. The highest BCUT2D eigenvalue weighted by molar-refractivity contribution is 6.30. The summed E-state index contributed by atoms with van der Waals surface area (Å²) in [5.41, 5.74) is 1.64. The van der Waals surface area contributed by atoms with Crippen molar-refractivity contribution in [1.29, 1.82) is 0 Å². The number of rotatable bonds is 5. The molecule has 4 rings (SSSR count). The van der Waals surface area contributed by atoms with E-state index < -0.39 is 0 Å². The zero-order valence-corrected chi connectivity index (χ0v) is 15.6. The van der Waals surface area contributed by atoms with E-state index in [4.69, 9.17) is 20.8 Å². The standard InChI is InChI=1S/C20H19ClN2O4/c1-12-9-15(12)20(25)27-11-19(24)23-17(18-3-2-8-26-18)10-16(22-23)13-4-6-14(21)7-5-13/h2-8,12,15,17H,9-11H2,1H3/t12-,15+,17-/m0/s1. The number of esters is 1. The maximum atomic E-state index is 12.7. The van der Waals surface area contributed by atoms with Gasteiger partial charge in [0.05, 0.1) is 17.9 Å². The Morgan fingerprint density at radius 1 is 1.30 bits per heavy atom. The summed E-state index contributed by atoms with van der Waals surface area (Å²) >= 11 is 5.95. The molecule has 2 aliphatic rings. The normalized spacial score (nSPS) is 23.9. The van der Waals surface area contributed by atoms with E-state index in [1.54, 1.807) is 24.5 Å².